The van der Waals surface area contributed by atoms with Gasteiger partial charge in [-0.1, -0.05) is 54.1 Å². The molecule has 27 heavy (non-hydrogen) atoms. The summed E-state index contributed by atoms with van der Waals surface area (Å²) in [5.41, 5.74) is 0.940. The van der Waals surface area contributed by atoms with Gasteiger partial charge >= 0.3 is 6.03 Å². The molecule has 0 heterocycles. The van der Waals surface area contributed by atoms with Crippen LogP contribution in [0, 0.1) is 6.92 Å². The maximum atomic E-state index is 12.5. The molecule has 0 radical (unpaired) electrons. The first-order chi connectivity index (χ1) is 13.0. The number of nitrogens with one attached hydrogen (secondary N) is 2. The maximum absolute atomic E-state index is 12.5. The minimum absolute atomic E-state index is 0.0481. The third-order valence-corrected chi connectivity index (χ3v) is 7.20. The highest BCUT2D eigenvalue weighted by atomic mass is 32.2. The molecule has 140 valence electrons. The Labute approximate surface area is 162 Å². The van der Waals surface area contributed by atoms with Crippen molar-refractivity contribution in [1.29, 1.82) is 0 Å². The fourth-order valence-corrected chi connectivity index (χ4v) is 5.19. The third-order valence-electron chi connectivity index (χ3n) is 3.80. The van der Waals surface area contributed by atoms with E-state index in [-0.39, 0.29) is 4.90 Å². The Morgan fingerprint density at radius 2 is 1.26 bits per heavy atom. The molecule has 2 amide bonds. The van der Waals surface area contributed by atoms with E-state index in [2.05, 4.69) is 9.44 Å². The van der Waals surface area contributed by atoms with Gasteiger partial charge in [-0.15, -0.1) is 11.1 Å². The Kier molecular flexibility index (Phi) is 5.83. The SMILES string of the molecule is Cc1ccc(S(=O)(=O)NC(=O)N[SH](c2ccccc2)c2ccccc2)cc1. The summed E-state index contributed by atoms with van der Waals surface area (Å²) in [4.78, 5) is 14.4. The van der Waals surface area contributed by atoms with Crippen molar-refractivity contribution in [2.45, 2.75) is 21.6 Å². The number of thiol groups is 1. The molecule has 0 saturated heterocycles. The summed E-state index contributed by atoms with van der Waals surface area (Å²) in [5.74, 6) is 0. The van der Waals surface area contributed by atoms with Crippen LogP contribution in [0.25, 0.3) is 0 Å². The Morgan fingerprint density at radius 1 is 0.778 bits per heavy atom. The standard InChI is InChI=1S/C20H20N2O3S2/c1-16-12-14-19(15-13-16)27(24,25)22-20(23)21-26(17-8-4-2-5-9-17)18-10-6-3-7-11-18/h2-15,26H,1H3,(H2,21,22,23). The van der Waals surface area contributed by atoms with E-state index in [9.17, 15) is 13.2 Å². The van der Waals surface area contributed by atoms with Crippen molar-refractivity contribution in [3.8, 4) is 0 Å². The van der Waals surface area contributed by atoms with E-state index in [0.29, 0.717) is 0 Å². The molecule has 0 saturated carbocycles. The van der Waals surface area contributed by atoms with Crippen LogP contribution in [0.2, 0.25) is 0 Å². The van der Waals surface area contributed by atoms with Crippen LogP contribution in [0.1, 0.15) is 5.56 Å². The summed E-state index contributed by atoms with van der Waals surface area (Å²) in [6.07, 6.45) is 0. The van der Waals surface area contributed by atoms with Crippen molar-refractivity contribution in [3.05, 3.63) is 90.5 Å². The van der Waals surface area contributed by atoms with Gasteiger partial charge in [-0.3, -0.25) is 4.72 Å². The molecule has 2 N–H and O–H groups in total. The van der Waals surface area contributed by atoms with Crippen LogP contribution in [-0.4, -0.2) is 14.4 Å². The molecule has 0 aromatic heterocycles. The molecule has 3 rings (SSSR count). The van der Waals surface area contributed by atoms with Crippen molar-refractivity contribution in [2.75, 3.05) is 0 Å². The lowest BCUT2D eigenvalue weighted by Gasteiger charge is -2.24. The first-order valence-corrected chi connectivity index (χ1v) is 11.1. The molecule has 0 aliphatic carbocycles. The number of amides is 2. The average molecular weight is 401 g/mol. The smallest absolute Gasteiger partial charge is 0.294 e. The van der Waals surface area contributed by atoms with Crippen LogP contribution in [0.4, 0.5) is 4.79 Å². The minimum Gasteiger partial charge on any atom is -0.294 e. The fraction of sp³-hybridized carbons (Fsp3) is 0.0500. The number of sulfonamides is 1. The molecule has 0 fully saturated rings. The molecule has 3 aromatic carbocycles. The Morgan fingerprint density at radius 3 is 1.74 bits per heavy atom. The first kappa shape index (κ1) is 19.0. The highest BCUT2D eigenvalue weighted by molar-refractivity contribution is 8.15. The normalized spacial score (nSPS) is 11.5. The van der Waals surface area contributed by atoms with Crippen molar-refractivity contribution in [3.63, 3.8) is 0 Å². The molecule has 0 spiro atoms. The van der Waals surface area contributed by atoms with E-state index in [0.717, 1.165) is 15.4 Å². The topological polar surface area (TPSA) is 75.3 Å². The number of benzene rings is 3. The van der Waals surface area contributed by atoms with Gasteiger partial charge in [-0.25, -0.2) is 17.9 Å². The fourth-order valence-electron chi connectivity index (χ4n) is 2.46. The van der Waals surface area contributed by atoms with E-state index in [1.807, 2.05) is 67.6 Å². The average Bonchev–Trinajstić information content (AvgIpc) is 2.67. The number of rotatable bonds is 5. The number of carbonyl (C=O) groups is 1. The Balaban J connectivity index is 1.82. The second-order valence-electron chi connectivity index (χ2n) is 5.87. The van der Waals surface area contributed by atoms with Crippen molar-refractivity contribution in [1.82, 2.24) is 9.44 Å². The second kappa shape index (κ2) is 8.28. The number of aryl methyl sites for hydroxylation is 1. The zero-order valence-corrected chi connectivity index (χ0v) is 16.4. The minimum atomic E-state index is -3.94. The molecule has 0 atom stereocenters. The Bertz CT molecular complexity index is 967. The van der Waals surface area contributed by atoms with Crippen molar-refractivity contribution in [2.24, 2.45) is 0 Å². The molecule has 0 unspecified atom stereocenters. The van der Waals surface area contributed by atoms with Gasteiger partial charge in [0.05, 0.1) is 4.90 Å². The van der Waals surface area contributed by atoms with E-state index >= 15 is 0 Å². The van der Waals surface area contributed by atoms with Gasteiger partial charge in [-0.05, 0) is 43.3 Å². The summed E-state index contributed by atoms with van der Waals surface area (Å²) < 4.78 is 29.8. The lowest BCUT2D eigenvalue weighted by Crippen LogP contribution is -2.37. The van der Waals surface area contributed by atoms with E-state index in [4.69, 9.17) is 0 Å². The molecule has 5 nitrogen and oxygen atoms in total. The summed E-state index contributed by atoms with van der Waals surface area (Å²) in [7, 11) is -3.94. The van der Waals surface area contributed by atoms with Crippen LogP contribution in [-0.2, 0) is 10.0 Å². The van der Waals surface area contributed by atoms with E-state index in [1.54, 1.807) is 12.1 Å². The Hall–Kier alpha value is -2.77. The quantitative estimate of drug-likeness (QED) is 0.566. The molecule has 3 aromatic rings. The van der Waals surface area contributed by atoms with Crippen LogP contribution in [0.5, 0.6) is 0 Å². The van der Waals surface area contributed by atoms with Crippen LogP contribution in [0.15, 0.2) is 99.6 Å². The molecule has 7 heteroatoms. The molecule has 0 bridgehead atoms. The monoisotopic (exact) mass is 400 g/mol. The predicted molar refractivity (Wildman–Crippen MR) is 108 cm³/mol. The second-order valence-corrected chi connectivity index (χ2v) is 9.48. The predicted octanol–water partition coefficient (Wildman–Crippen LogP) is 4.02. The largest absolute Gasteiger partial charge is 0.337 e. The van der Waals surface area contributed by atoms with Crippen molar-refractivity contribution < 1.29 is 13.2 Å². The van der Waals surface area contributed by atoms with Crippen LogP contribution >= 0.6 is 11.1 Å². The van der Waals surface area contributed by atoms with Gasteiger partial charge in [0.25, 0.3) is 10.0 Å². The van der Waals surface area contributed by atoms with E-state index < -0.39 is 27.1 Å². The molecule has 0 aliphatic rings. The summed E-state index contributed by atoms with van der Waals surface area (Å²) >= 11 is -1.24. The highest BCUT2D eigenvalue weighted by Crippen LogP contribution is 2.40. The number of carbonyl (C=O) groups excluding carboxylic acids is 1. The third kappa shape index (κ3) is 4.90. The zero-order valence-electron chi connectivity index (χ0n) is 14.7. The van der Waals surface area contributed by atoms with Crippen molar-refractivity contribution >= 4 is 27.1 Å². The van der Waals surface area contributed by atoms with Crippen LogP contribution < -0.4 is 9.44 Å². The van der Waals surface area contributed by atoms with E-state index in [1.165, 1.54) is 12.1 Å². The van der Waals surface area contributed by atoms with Crippen LogP contribution in [0.3, 0.4) is 0 Å². The zero-order chi connectivity index (χ0) is 19.3. The lowest BCUT2D eigenvalue weighted by molar-refractivity contribution is 0.251. The maximum Gasteiger partial charge on any atom is 0.337 e. The van der Waals surface area contributed by atoms with Gasteiger partial charge in [-0.2, -0.15) is 0 Å². The van der Waals surface area contributed by atoms with Gasteiger partial charge in [0.2, 0.25) is 0 Å². The molecular formula is C20H20N2O3S2. The summed E-state index contributed by atoms with van der Waals surface area (Å²) in [6.45, 7) is 1.86. The molecule has 0 aliphatic heterocycles. The molecular weight excluding hydrogens is 380 g/mol. The first-order valence-electron chi connectivity index (χ1n) is 8.26. The number of hydrogen-bond acceptors (Lipinski definition) is 3. The van der Waals surface area contributed by atoms with Gasteiger partial charge in [0.15, 0.2) is 0 Å². The summed E-state index contributed by atoms with van der Waals surface area (Å²) in [5, 5.41) is 0. The van der Waals surface area contributed by atoms with Gasteiger partial charge < -0.3 is 0 Å². The highest BCUT2D eigenvalue weighted by Gasteiger charge is 2.20. The number of urea groups is 1. The number of hydrogen-bond donors (Lipinski definition) is 3. The summed E-state index contributed by atoms with van der Waals surface area (Å²) in [6, 6.07) is 24.5. The van der Waals surface area contributed by atoms with Gasteiger partial charge in [0, 0.05) is 9.79 Å². The lowest BCUT2D eigenvalue weighted by atomic mass is 10.2. The van der Waals surface area contributed by atoms with Gasteiger partial charge in [0.1, 0.15) is 0 Å².